The molecule has 0 N–H and O–H groups in total. The fourth-order valence-corrected chi connectivity index (χ4v) is 7.44. The van der Waals surface area contributed by atoms with Gasteiger partial charge >= 0.3 is 11.9 Å². The van der Waals surface area contributed by atoms with Crippen molar-refractivity contribution in [2.24, 2.45) is 0 Å². The Morgan fingerprint density at radius 2 is 0.661 bits per heavy atom. The van der Waals surface area contributed by atoms with Crippen LogP contribution in [0.15, 0.2) is 36.5 Å². The van der Waals surface area contributed by atoms with E-state index in [4.69, 9.17) is 14.2 Å². The Labute approximate surface area is 368 Å². The summed E-state index contributed by atoms with van der Waals surface area (Å²) in [7, 11) is 0. The molecule has 346 valence electrons. The van der Waals surface area contributed by atoms with Gasteiger partial charge in [0.15, 0.2) is 6.10 Å². The van der Waals surface area contributed by atoms with Crippen molar-refractivity contribution in [1.29, 1.82) is 0 Å². The van der Waals surface area contributed by atoms with Crippen LogP contribution in [0.1, 0.15) is 271 Å². The van der Waals surface area contributed by atoms with Gasteiger partial charge < -0.3 is 14.2 Å². The molecule has 0 aromatic rings. The Balaban J connectivity index is 4.29. The van der Waals surface area contributed by atoms with E-state index in [-0.39, 0.29) is 25.2 Å². The van der Waals surface area contributed by atoms with Gasteiger partial charge in [0.25, 0.3) is 0 Å². The monoisotopic (exact) mass is 829 g/mol. The molecule has 0 saturated heterocycles. The number of unbranched alkanes of at least 4 members (excludes halogenated alkanes) is 31. The molecule has 0 aromatic heterocycles. The molecule has 0 aliphatic carbocycles. The Bertz CT molecular complexity index is 939. The highest BCUT2D eigenvalue weighted by Gasteiger charge is 2.17. The van der Waals surface area contributed by atoms with Gasteiger partial charge in [-0.05, 0) is 96.3 Å². The average Bonchev–Trinajstić information content (AvgIpc) is 3.24. The molecule has 59 heavy (non-hydrogen) atoms. The summed E-state index contributed by atoms with van der Waals surface area (Å²) in [6, 6.07) is 0. The van der Waals surface area contributed by atoms with E-state index in [0.717, 1.165) is 70.6 Å². The minimum Gasteiger partial charge on any atom is -0.462 e. The van der Waals surface area contributed by atoms with Gasteiger partial charge in [-0.1, -0.05) is 198 Å². The van der Waals surface area contributed by atoms with Crippen LogP contribution in [0.2, 0.25) is 0 Å². The van der Waals surface area contributed by atoms with E-state index in [0.29, 0.717) is 19.4 Å². The molecule has 0 amide bonds. The second-order valence-electron chi connectivity index (χ2n) is 17.4. The molecule has 0 saturated carbocycles. The maximum Gasteiger partial charge on any atom is 0.306 e. The largest absolute Gasteiger partial charge is 0.462 e. The first-order chi connectivity index (χ1) is 29.1. The third-order valence-corrected chi connectivity index (χ3v) is 11.4. The van der Waals surface area contributed by atoms with Gasteiger partial charge in [-0.15, -0.1) is 0 Å². The Morgan fingerprint density at radius 3 is 1.03 bits per heavy atom. The first-order valence-corrected chi connectivity index (χ1v) is 26.0. The number of hydrogen-bond donors (Lipinski definition) is 0. The maximum atomic E-state index is 12.8. The van der Waals surface area contributed by atoms with Gasteiger partial charge in [-0.2, -0.15) is 0 Å². The van der Waals surface area contributed by atoms with Gasteiger partial charge in [0.2, 0.25) is 0 Å². The molecule has 1 unspecified atom stereocenters. The van der Waals surface area contributed by atoms with Crippen LogP contribution in [0.3, 0.4) is 0 Å². The van der Waals surface area contributed by atoms with Crippen LogP contribution < -0.4 is 0 Å². The van der Waals surface area contributed by atoms with Gasteiger partial charge in [0.1, 0.15) is 6.61 Å². The van der Waals surface area contributed by atoms with Crippen LogP contribution in [-0.2, 0) is 23.8 Å². The third-order valence-electron chi connectivity index (χ3n) is 11.4. The molecule has 0 aliphatic heterocycles. The maximum absolute atomic E-state index is 12.8. The van der Waals surface area contributed by atoms with Crippen LogP contribution in [0.5, 0.6) is 0 Å². The van der Waals surface area contributed by atoms with Crippen molar-refractivity contribution in [3.8, 4) is 0 Å². The number of allylic oxidation sites excluding steroid dienone is 6. The van der Waals surface area contributed by atoms with E-state index >= 15 is 0 Å². The standard InChI is InChI=1S/C54H100O5/c1-4-7-10-13-16-19-22-25-28-30-33-36-39-42-45-48-54(56)59-52(50-57-49-46-43-40-37-34-31-27-24-21-18-15-12-9-6-3)51-58-53(55)47-44-41-38-35-32-29-26-23-20-17-14-11-8-5-2/h23,25-28,31,52H,4-22,24,29-30,32-51H2,1-3H3/b26-23-,28-25-,31-27-. The summed E-state index contributed by atoms with van der Waals surface area (Å²) < 4.78 is 17.4. The molecule has 0 bridgehead atoms. The van der Waals surface area contributed by atoms with Crippen molar-refractivity contribution in [3.05, 3.63) is 36.5 Å². The van der Waals surface area contributed by atoms with E-state index in [1.165, 1.54) is 167 Å². The zero-order valence-corrected chi connectivity index (χ0v) is 39.8. The molecule has 5 heteroatoms. The first-order valence-electron chi connectivity index (χ1n) is 26.0. The van der Waals surface area contributed by atoms with Crippen molar-refractivity contribution in [2.75, 3.05) is 19.8 Å². The zero-order valence-electron chi connectivity index (χ0n) is 39.8. The van der Waals surface area contributed by atoms with E-state index < -0.39 is 6.10 Å². The topological polar surface area (TPSA) is 61.8 Å². The van der Waals surface area contributed by atoms with Crippen molar-refractivity contribution < 1.29 is 23.8 Å². The quantitative estimate of drug-likeness (QED) is 0.0347. The lowest BCUT2D eigenvalue weighted by Crippen LogP contribution is -2.30. The highest BCUT2D eigenvalue weighted by Crippen LogP contribution is 2.14. The van der Waals surface area contributed by atoms with Crippen LogP contribution in [0.4, 0.5) is 0 Å². The Kier molecular flexibility index (Phi) is 48.9. The lowest BCUT2D eigenvalue weighted by Gasteiger charge is -2.18. The molecular weight excluding hydrogens is 729 g/mol. The number of carbonyl (C=O) groups is 2. The molecule has 0 fully saturated rings. The summed E-state index contributed by atoms with van der Waals surface area (Å²) in [6.07, 6.45) is 60.0. The normalized spacial score (nSPS) is 12.4. The summed E-state index contributed by atoms with van der Waals surface area (Å²) in [4.78, 5) is 25.4. The molecule has 5 nitrogen and oxygen atoms in total. The molecule has 0 radical (unpaired) electrons. The molecule has 0 spiro atoms. The van der Waals surface area contributed by atoms with Crippen molar-refractivity contribution >= 4 is 11.9 Å². The van der Waals surface area contributed by atoms with Crippen molar-refractivity contribution in [2.45, 2.75) is 277 Å². The molecule has 1 atom stereocenters. The lowest BCUT2D eigenvalue weighted by molar-refractivity contribution is -0.163. The highest BCUT2D eigenvalue weighted by atomic mass is 16.6. The summed E-state index contributed by atoms with van der Waals surface area (Å²) in [6.45, 7) is 7.80. The number of esters is 2. The Hall–Kier alpha value is -1.88. The first kappa shape index (κ1) is 57.1. The Morgan fingerprint density at radius 1 is 0.356 bits per heavy atom. The molecular formula is C54H100O5. The van der Waals surface area contributed by atoms with Gasteiger partial charge in [-0.3, -0.25) is 9.59 Å². The molecule has 0 aliphatic rings. The average molecular weight is 829 g/mol. The smallest absolute Gasteiger partial charge is 0.306 e. The van der Waals surface area contributed by atoms with Crippen LogP contribution in [-0.4, -0.2) is 37.9 Å². The highest BCUT2D eigenvalue weighted by molar-refractivity contribution is 5.70. The van der Waals surface area contributed by atoms with Gasteiger partial charge in [0.05, 0.1) is 6.61 Å². The second-order valence-corrected chi connectivity index (χ2v) is 17.4. The molecule has 0 heterocycles. The number of carbonyl (C=O) groups excluding carboxylic acids is 2. The number of hydrogen-bond acceptors (Lipinski definition) is 5. The lowest BCUT2D eigenvalue weighted by atomic mass is 10.1. The fourth-order valence-electron chi connectivity index (χ4n) is 7.44. The number of rotatable bonds is 48. The van der Waals surface area contributed by atoms with Crippen LogP contribution >= 0.6 is 0 Å². The van der Waals surface area contributed by atoms with Crippen molar-refractivity contribution in [1.82, 2.24) is 0 Å². The number of ether oxygens (including phenoxy) is 3. The zero-order chi connectivity index (χ0) is 42.8. The minimum absolute atomic E-state index is 0.0764. The predicted molar refractivity (Wildman–Crippen MR) is 256 cm³/mol. The molecule has 0 aromatic carbocycles. The predicted octanol–water partition coefficient (Wildman–Crippen LogP) is 17.4. The summed E-state index contributed by atoms with van der Waals surface area (Å²) in [5.74, 6) is -0.412. The van der Waals surface area contributed by atoms with E-state index in [2.05, 4.69) is 57.2 Å². The summed E-state index contributed by atoms with van der Waals surface area (Å²) >= 11 is 0. The molecule has 0 rings (SSSR count). The van der Waals surface area contributed by atoms with E-state index in [1.54, 1.807) is 0 Å². The van der Waals surface area contributed by atoms with Crippen molar-refractivity contribution in [3.63, 3.8) is 0 Å². The second kappa shape index (κ2) is 50.5. The van der Waals surface area contributed by atoms with E-state index in [1.807, 2.05) is 0 Å². The van der Waals surface area contributed by atoms with Crippen LogP contribution in [0.25, 0.3) is 0 Å². The SMILES string of the molecule is CCCCCCC/C=C\CCCCCCCC(=O)OCC(COCCCCCC/C=C\CCCCCCCC)OC(=O)CCCCCCC/C=C\CCCCCCCC. The summed E-state index contributed by atoms with van der Waals surface area (Å²) in [5, 5.41) is 0. The van der Waals surface area contributed by atoms with Gasteiger partial charge in [0, 0.05) is 19.4 Å². The minimum atomic E-state index is -0.546. The third kappa shape index (κ3) is 48.7. The van der Waals surface area contributed by atoms with E-state index in [9.17, 15) is 9.59 Å². The van der Waals surface area contributed by atoms with Gasteiger partial charge in [-0.25, -0.2) is 0 Å². The summed E-state index contributed by atoms with van der Waals surface area (Å²) in [5.41, 5.74) is 0. The fraction of sp³-hybridized carbons (Fsp3) is 0.852. The van der Waals surface area contributed by atoms with Crippen LogP contribution in [0, 0.1) is 0 Å².